The van der Waals surface area contributed by atoms with Crippen LogP contribution in [0.1, 0.15) is 31.4 Å². The van der Waals surface area contributed by atoms with E-state index in [1.54, 1.807) is 26.0 Å². The second kappa shape index (κ2) is 7.17. The first kappa shape index (κ1) is 17.1. The average Bonchev–Trinajstić information content (AvgIpc) is 2.45. The molecule has 0 radical (unpaired) electrons. The van der Waals surface area contributed by atoms with E-state index in [0.29, 0.717) is 17.5 Å². The Morgan fingerprint density at radius 3 is 2.57 bits per heavy atom. The van der Waals surface area contributed by atoms with E-state index in [9.17, 15) is 14.0 Å². The number of carbonyl (C=O) groups is 2. The summed E-state index contributed by atoms with van der Waals surface area (Å²) in [5, 5.41) is 14.4. The summed E-state index contributed by atoms with van der Waals surface area (Å²) in [4.78, 5) is 22.8. The summed E-state index contributed by atoms with van der Waals surface area (Å²) in [6, 6.07) is 4.75. The van der Waals surface area contributed by atoms with Crippen LogP contribution in [0.15, 0.2) is 18.2 Å². The summed E-state index contributed by atoms with van der Waals surface area (Å²) in [5.41, 5.74) is 0.0719. The van der Waals surface area contributed by atoms with E-state index in [1.165, 1.54) is 13.0 Å². The number of aliphatic carboxylic acids is 1. The number of halogens is 1. The van der Waals surface area contributed by atoms with E-state index in [1.807, 2.05) is 0 Å². The SMILES string of the molecule is CCC(C)(NCC(=O)NCc1ccc(C)c(F)c1)C(=O)O. The van der Waals surface area contributed by atoms with Crippen molar-refractivity contribution in [2.45, 2.75) is 39.3 Å². The Morgan fingerprint density at radius 1 is 1.38 bits per heavy atom. The lowest BCUT2D eigenvalue weighted by molar-refractivity contribution is -0.144. The van der Waals surface area contributed by atoms with Gasteiger partial charge < -0.3 is 10.4 Å². The molecular weight excluding hydrogens is 275 g/mol. The number of carbonyl (C=O) groups excluding carboxylic acids is 1. The van der Waals surface area contributed by atoms with Crippen LogP contribution in [0.3, 0.4) is 0 Å². The van der Waals surface area contributed by atoms with E-state index in [2.05, 4.69) is 10.6 Å². The molecule has 1 unspecified atom stereocenters. The van der Waals surface area contributed by atoms with Crippen molar-refractivity contribution >= 4 is 11.9 Å². The number of benzene rings is 1. The van der Waals surface area contributed by atoms with Crippen molar-refractivity contribution in [3.8, 4) is 0 Å². The molecule has 0 aliphatic carbocycles. The maximum absolute atomic E-state index is 13.4. The summed E-state index contributed by atoms with van der Waals surface area (Å²) in [7, 11) is 0. The molecular formula is C15H21FN2O3. The van der Waals surface area contributed by atoms with Gasteiger partial charge in [0.05, 0.1) is 6.54 Å². The first-order valence-corrected chi connectivity index (χ1v) is 6.78. The molecule has 0 bridgehead atoms. The second-order valence-corrected chi connectivity index (χ2v) is 5.20. The monoisotopic (exact) mass is 296 g/mol. The van der Waals surface area contributed by atoms with Crippen molar-refractivity contribution in [2.24, 2.45) is 0 Å². The van der Waals surface area contributed by atoms with Crippen molar-refractivity contribution < 1.29 is 19.1 Å². The van der Waals surface area contributed by atoms with Crippen LogP contribution in [-0.4, -0.2) is 29.1 Å². The summed E-state index contributed by atoms with van der Waals surface area (Å²) in [5.74, 6) is -1.65. The number of amides is 1. The number of carboxylic acids is 1. The third-order valence-corrected chi connectivity index (χ3v) is 3.54. The molecule has 5 nitrogen and oxygen atoms in total. The Balaban J connectivity index is 2.47. The summed E-state index contributed by atoms with van der Waals surface area (Å²) < 4.78 is 13.4. The van der Waals surface area contributed by atoms with Crippen LogP contribution in [-0.2, 0) is 16.1 Å². The number of hydrogen-bond donors (Lipinski definition) is 3. The molecule has 6 heteroatoms. The Morgan fingerprint density at radius 2 is 2.05 bits per heavy atom. The number of carboxylic acid groups (broad SMARTS) is 1. The Kier molecular flexibility index (Phi) is 5.84. The standard InChI is InChI=1S/C15H21FN2O3/c1-4-15(3,14(20)21)18-9-13(19)17-8-11-6-5-10(2)12(16)7-11/h5-7,18H,4,8-9H2,1-3H3,(H,17,19)(H,20,21). The molecule has 1 amide bonds. The number of aryl methyl sites for hydroxylation is 1. The minimum atomic E-state index is -1.13. The summed E-state index contributed by atoms with van der Waals surface area (Å²) >= 11 is 0. The molecule has 0 aliphatic rings. The smallest absolute Gasteiger partial charge is 0.323 e. The van der Waals surface area contributed by atoms with Crippen LogP contribution in [0.4, 0.5) is 4.39 Å². The fourth-order valence-corrected chi connectivity index (χ4v) is 1.64. The van der Waals surface area contributed by atoms with Crippen molar-refractivity contribution in [3.63, 3.8) is 0 Å². The molecule has 21 heavy (non-hydrogen) atoms. The largest absolute Gasteiger partial charge is 0.480 e. The molecule has 0 saturated heterocycles. The van der Waals surface area contributed by atoms with Gasteiger partial charge in [0.2, 0.25) is 5.91 Å². The highest BCUT2D eigenvalue weighted by Gasteiger charge is 2.30. The van der Waals surface area contributed by atoms with Gasteiger partial charge in [0.15, 0.2) is 0 Å². The molecule has 116 valence electrons. The van der Waals surface area contributed by atoms with E-state index in [4.69, 9.17) is 5.11 Å². The van der Waals surface area contributed by atoms with Crippen LogP contribution < -0.4 is 10.6 Å². The molecule has 1 rings (SSSR count). The second-order valence-electron chi connectivity index (χ2n) is 5.20. The van der Waals surface area contributed by atoms with Gasteiger partial charge in [-0.1, -0.05) is 19.1 Å². The molecule has 0 spiro atoms. The van der Waals surface area contributed by atoms with Crippen LogP contribution in [0.25, 0.3) is 0 Å². The van der Waals surface area contributed by atoms with Crippen LogP contribution >= 0.6 is 0 Å². The Bertz CT molecular complexity index is 534. The summed E-state index contributed by atoms with van der Waals surface area (Å²) in [6.07, 6.45) is 0.360. The van der Waals surface area contributed by atoms with Gasteiger partial charge >= 0.3 is 5.97 Å². The molecule has 0 fully saturated rings. The van der Waals surface area contributed by atoms with Crippen molar-refractivity contribution in [1.29, 1.82) is 0 Å². The highest BCUT2D eigenvalue weighted by molar-refractivity contribution is 5.81. The van der Waals surface area contributed by atoms with E-state index in [-0.39, 0.29) is 24.8 Å². The van der Waals surface area contributed by atoms with Gasteiger partial charge in [-0.05, 0) is 37.5 Å². The number of hydrogen-bond acceptors (Lipinski definition) is 3. The fraction of sp³-hybridized carbons (Fsp3) is 0.467. The molecule has 0 aliphatic heterocycles. The van der Waals surface area contributed by atoms with Gasteiger partial charge in [-0.3, -0.25) is 14.9 Å². The Labute approximate surface area is 123 Å². The van der Waals surface area contributed by atoms with Gasteiger partial charge in [0.1, 0.15) is 11.4 Å². The number of rotatable bonds is 7. The van der Waals surface area contributed by atoms with Gasteiger partial charge in [-0.2, -0.15) is 0 Å². The van der Waals surface area contributed by atoms with Crippen LogP contribution in [0.2, 0.25) is 0 Å². The predicted octanol–water partition coefficient (Wildman–Crippen LogP) is 1.59. The maximum atomic E-state index is 13.4. The lowest BCUT2D eigenvalue weighted by Crippen LogP contribution is -2.52. The first-order chi connectivity index (χ1) is 9.78. The highest BCUT2D eigenvalue weighted by atomic mass is 19.1. The molecule has 3 N–H and O–H groups in total. The van der Waals surface area contributed by atoms with Crippen molar-refractivity contribution in [3.05, 3.63) is 35.1 Å². The zero-order valence-electron chi connectivity index (χ0n) is 12.5. The third-order valence-electron chi connectivity index (χ3n) is 3.54. The number of nitrogens with one attached hydrogen (secondary N) is 2. The molecule has 1 aromatic carbocycles. The molecule has 0 aromatic heterocycles. The minimum Gasteiger partial charge on any atom is -0.480 e. The lowest BCUT2D eigenvalue weighted by Gasteiger charge is -2.24. The van der Waals surface area contributed by atoms with Crippen molar-refractivity contribution in [1.82, 2.24) is 10.6 Å². The fourth-order valence-electron chi connectivity index (χ4n) is 1.64. The van der Waals surface area contributed by atoms with Gasteiger partial charge in [-0.15, -0.1) is 0 Å². The summed E-state index contributed by atoms with van der Waals surface area (Å²) in [6.45, 7) is 5.02. The first-order valence-electron chi connectivity index (χ1n) is 6.78. The third kappa shape index (κ3) is 4.82. The van der Waals surface area contributed by atoms with Gasteiger partial charge in [0.25, 0.3) is 0 Å². The van der Waals surface area contributed by atoms with Crippen LogP contribution in [0.5, 0.6) is 0 Å². The highest BCUT2D eigenvalue weighted by Crippen LogP contribution is 2.09. The van der Waals surface area contributed by atoms with E-state index >= 15 is 0 Å². The zero-order chi connectivity index (χ0) is 16.0. The molecule has 1 atom stereocenters. The average molecular weight is 296 g/mol. The molecule has 0 heterocycles. The van der Waals surface area contributed by atoms with E-state index < -0.39 is 11.5 Å². The predicted molar refractivity (Wildman–Crippen MR) is 77.3 cm³/mol. The topological polar surface area (TPSA) is 78.4 Å². The van der Waals surface area contributed by atoms with Gasteiger partial charge in [0, 0.05) is 6.54 Å². The molecule has 0 saturated carbocycles. The van der Waals surface area contributed by atoms with E-state index in [0.717, 1.165) is 0 Å². The maximum Gasteiger partial charge on any atom is 0.323 e. The quantitative estimate of drug-likeness (QED) is 0.714. The zero-order valence-corrected chi connectivity index (χ0v) is 12.5. The Hall–Kier alpha value is -1.95. The normalized spacial score (nSPS) is 13.5. The lowest BCUT2D eigenvalue weighted by atomic mass is 9.99. The van der Waals surface area contributed by atoms with Crippen LogP contribution in [0, 0.1) is 12.7 Å². The minimum absolute atomic E-state index is 0.106. The van der Waals surface area contributed by atoms with Gasteiger partial charge in [-0.25, -0.2) is 4.39 Å². The molecule has 1 aromatic rings. The van der Waals surface area contributed by atoms with Crippen molar-refractivity contribution in [2.75, 3.05) is 6.54 Å².